The Morgan fingerprint density at radius 3 is 2.66 bits per heavy atom. The lowest BCUT2D eigenvalue weighted by atomic mass is 10.2. The first-order chi connectivity index (χ1) is 17.0. The van der Waals surface area contributed by atoms with Crippen molar-refractivity contribution in [2.24, 2.45) is 7.05 Å². The molecule has 180 valence electrons. The summed E-state index contributed by atoms with van der Waals surface area (Å²) in [7, 11) is 1.97. The van der Waals surface area contributed by atoms with E-state index < -0.39 is 0 Å². The summed E-state index contributed by atoms with van der Waals surface area (Å²) >= 11 is 0. The summed E-state index contributed by atoms with van der Waals surface area (Å²) in [6.45, 7) is 4.90. The van der Waals surface area contributed by atoms with Crippen LogP contribution in [-0.2, 0) is 31.4 Å². The minimum Gasteiger partial charge on any atom is -0.336 e. The van der Waals surface area contributed by atoms with E-state index in [1.807, 2.05) is 24.6 Å². The molecule has 10 nitrogen and oxygen atoms in total. The van der Waals surface area contributed by atoms with Crippen LogP contribution in [0.25, 0.3) is 22.1 Å². The van der Waals surface area contributed by atoms with E-state index in [9.17, 15) is 4.79 Å². The first kappa shape index (κ1) is 21.6. The molecule has 2 fully saturated rings. The van der Waals surface area contributed by atoms with Gasteiger partial charge in [0.2, 0.25) is 5.91 Å². The zero-order valence-electron chi connectivity index (χ0n) is 20.3. The molecule has 10 heteroatoms. The Bertz CT molecular complexity index is 1480. The second-order valence-corrected chi connectivity index (χ2v) is 9.68. The highest BCUT2D eigenvalue weighted by molar-refractivity contribution is 6.07. The van der Waals surface area contributed by atoms with Crippen LogP contribution < -0.4 is 5.32 Å². The minimum absolute atomic E-state index is 0.188. The van der Waals surface area contributed by atoms with Gasteiger partial charge < -0.3 is 19.4 Å². The van der Waals surface area contributed by atoms with Gasteiger partial charge in [0, 0.05) is 48.5 Å². The summed E-state index contributed by atoms with van der Waals surface area (Å²) < 4.78 is 5.79. The van der Waals surface area contributed by atoms with Crippen molar-refractivity contribution in [3.8, 4) is 6.07 Å². The molecule has 0 radical (unpaired) electrons. The first-order valence-corrected chi connectivity index (χ1v) is 12.3. The average Bonchev–Trinajstić information content (AvgIpc) is 3.74. The number of nitrogens with zero attached hydrogens (tertiary/aromatic N) is 8. The molecule has 1 amide bonds. The first-order valence-electron chi connectivity index (χ1n) is 12.3. The van der Waals surface area contributed by atoms with E-state index in [1.165, 1.54) is 0 Å². The summed E-state index contributed by atoms with van der Waals surface area (Å²) in [4.78, 5) is 25.1. The topological polar surface area (TPSA) is 110 Å². The van der Waals surface area contributed by atoms with Crippen molar-refractivity contribution >= 4 is 39.6 Å². The highest BCUT2D eigenvalue weighted by Gasteiger charge is 2.42. The number of carbonyl (C=O) groups is 1. The summed E-state index contributed by atoms with van der Waals surface area (Å²) in [5.41, 5.74) is 4.41. The monoisotopic (exact) mass is 471 g/mol. The van der Waals surface area contributed by atoms with Crippen LogP contribution in [0, 0.1) is 18.3 Å². The van der Waals surface area contributed by atoms with Gasteiger partial charge in [0.15, 0.2) is 11.6 Å². The number of aromatic nitrogens is 6. The number of fused-ring (bicyclic) bond motifs is 3. The third-order valence-electron chi connectivity index (χ3n) is 7.05. The van der Waals surface area contributed by atoms with Crippen LogP contribution in [0.5, 0.6) is 0 Å². The van der Waals surface area contributed by atoms with Crippen LogP contribution in [0.1, 0.15) is 44.0 Å². The summed E-state index contributed by atoms with van der Waals surface area (Å²) in [5.74, 6) is 1.45. The van der Waals surface area contributed by atoms with Gasteiger partial charge in [0.1, 0.15) is 17.7 Å². The molecule has 0 unspecified atom stereocenters. The second kappa shape index (κ2) is 8.12. The van der Waals surface area contributed by atoms with Crippen molar-refractivity contribution in [1.29, 1.82) is 5.26 Å². The number of amides is 1. The lowest BCUT2D eigenvalue weighted by molar-refractivity contribution is -0.131. The SMILES string of the molecule is CCn1c(CC(=O)N(C2CC2)C2CC2)cc2c3c(ncn3C)c(Nc3cc(C)n(CC#N)n3)nc21. The quantitative estimate of drug-likeness (QED) is 0.422. The fourth-order valence-electron chi connectivity index (χ4n) is 5.13. The van der Waals surface area contributed by atoms with Crippen molar-refractivity contribution in [2.45, 2.75) is 71.1 Å². The highest BCUT2D eigenvalue weighted by atomic mass is 16.2. The zero-order valence-corrected chi connectivity index (χ0v) is 20.3. The van der Waals surface area contributed by atoms with Crippen molar-refractivity contribution < 1.29 is 4.79 Å². The van der Waals surface area contributed by atoms with E-state index in [4.69, 9.17) is 10.2 Å². The number of anilines is 2. The largest absolute Gasteiger partial charge is 0.336 e. The van der Waals surface area contributed by atoms with Crippen LogP contribution in [0.15, 0.2) is 18.5 Å². The predicted molar refractivity (Wildman–Crippen MR) is 132 cm³/mol. The zero-order chi connectivity index (χ0) is 24.3. The van der Waals surface area contributed by atoms with E-state index in [0.717, 1.165) is 59.1 Å². The van der Waals surface area contributed by atoms with E-state index in [-0.39, 0.29) is 12.5 Å². The van der Waals surface area contributed by atoms with E-state index in [2.05, 4.69) is 43.9 Å². The Morgan fingerprint density at radius 2 is 2.00 bits per heavy atom. The third kappa shape index (κ3) is 3.71. The van der Waals surface area contributed by atoms with Gasteiger partial charge in [-0.1, -0.05) is 0 Å². The number of aryl methyl sites for hydroxylation is 3. The standard InChI is InChI=1S/C25H29N9O/c1-4-32-18(13-21(35)34(16-5-6-16)17-7-8-17)12-19-23-22(27-14-31(23)3)24(29-25(19)32)28-20-11-15(2)33(30-20)10-9-26/h11-12,14,16-17H,4-8,10,13H2,1-3H3,(H,28,29,30). The Morgan fingerprint density at radius 1 is 1.26 bits per heavy atom. The Balaban J connectivity index is 1.41. The summed E-state index contributed by atoms with van der Waals surface area (Å²) in [6.07, 6.45) is 6.71. The van der Waals surface area contributed by atoms with Crippen LogP contribution in [0.3, 0.4) is 0 Å². The van der Waals surface area contributed by atoms with Gasteiger partial charge in [0.25, 0.3) is 0 Å². The Kier molecular flexibility index (Phi) is 5.02. The Labute approximate surface area is 203 Å². The molecule has 2 aliphatic carbocycles. The molecule has 0 aliphatic heterocycles. The average molecular weight is 472 g/mol. The lowest BCUT2D eigenvalue weighted by Crippen LogP contribution is -2.36. The van der Waals surface area contributed by atoms with Gasteiger partial charge in [-0.2, -0.15) is 10.4 Å². The molecule has 0 spiro atoms. The molecule has 6 rings (SSSR count). The maximum absolute atomic E-state index is 13.3. The van der Waals surface area contributed by atoms with Gasteiger partial charge in [-0.05, 0) is 45.6 Å². The number of pyridine rings is 1. The van der Waals surface area contributed by atoms with Gasteiger partial charge in [-0.25, -0.2) is 9.97 Å². The summed E-state index contributed by atoms with van der Waals surface area (Å²) in [5, 5.41) is 17.8. The van der Waals surface area contributed by atoms with Gasteiger partial charge in [-0.15, -0.1) is 0 Å². The number of hydrogen-bond donors (Lipinski definition) is 1. The number of imidazole rings is 1. The van der Waals surface area contributed by atoms with E-state index in [1.54, 1.807) is 11.0 Å². The molecule has 4 heterocycles. The van der Waals surface area contributed by atoms with Gasteiger partial charge in [-0.3, -0.25) is 9.48 Å². The third-order valence-corrected chi connectivity index (χ3v) is 7.05. The molecular formula is C25H29N9O. The van der Waals surface area contributed by atoms with Crippen LogP contribution in [0.4, 0.5) is 11.6 Å². The molecule has 2 saturated carbocycles. The fourth-order valence-corrected chi connectivity index (χ4v) is 5.13. The second-order valence-electron chi connectivity index (χ2n) is 9.68. The lowest BCUT2D eigenvalue weighted by Gasteiger charge is -2.22. The number of nitrogens with one attached hydrogen (secondary N) is 1. The van der Waals surface area contributed by atoms with E-state index >= 15 is 0 Å². The number of carbonyl (C=O) groups excluding carboxylic acids is 1. The fraction of sp³-hybridized carbons (Fsp3) is 0.480. The van der Waals surface area contributed by atoms with Crippen molar-refractivity contribution in [1.82, 2.24) is 33.8 Å². The number of nitriles is 1. The normalized spacial score (nSPS) is 15.6. The van der Waals surface area contributed by atoms with Crippen LogP contribution in [0.2, 0.25) is 0 Å². The smallest absolute Gasteiger partial charge is 0.229 e. The van der Waals surface area contributed by atoms with Gasteiger partial charge >= 0.3 is 0 Å². The maximum atomic E-state index is 13.3. The molecule has 0 aromatic carbocycles. The van der Waals surface area contributed by atoms with Gasteiger partial charge in [0.05, 0.1) is 24.3 Å². The van der Waals surface area contributed by atoms with Crippen molar-refractivity contribution in [3.63, 3.8) is 0 Å². The molecule has 0 saturated heterocycles. The number of rotatable bonds is 8. The van der Waals surface area contributed by atoms with Crippen LogP contribution in [-0.4, -0.2) is 51.8 Å². The summed E-state index contributed by atoms with van der Waals surface area (Å²) in [6, 6.07) is 7.02. The Hall–Kier alpha value is -3.87. The van der Waals surface area contributed by atoms with E-state index in [0.29, 0.717) is 36.7 Å². The molecule has 2 aliphatic rings. The molecule has 1 N–H and O–H groups in total. The minimum atomic E-state index is 0.188. The molecule has 4 aromatic heterocycles. The number of hydrogen-bond acceptors (Lipinski definition) is 6. The van der Waals surface area contributed by atoms with Crippen molar-refractivity contribution in [3.05, 3.63) is 29.8 Å². The molecule has 35 heavy (non-hydrogen) atoms. The molecule has 0 atom stereocenters. The maximum Gasteiger partial charge on any atom is 0.229 e. The van der Waals surface area contributed by atoms with Crippen LogP contribution >= 0.6 is 0 Å². The predicted octanol–water partition coefficient (Wildman–Crippen LogP) is 3.41. The molecule has 4 aromatic rings. The van der Waals surface area contributed by atoms with Crippen molar-refractivity contribution in [2.75, 3.05) is 5.32 Å². The molecular weight excluding hydrogens is 442 g/mol. The molecule has 0 bridgehead atoms. The highest BCUT2D eigenvalue weighted by Crippen LogP contribution is 2.38.